The lowest BCUT2D eigenvalue weighted by Crippen LogP contribution is -2.35. The number of ether oxygens (including phenoxy) is 1. The Hall–Kier alpha value is -1.69. The molecule has 1 aliphatic heterocycles. The standard InChI is InChI=1S/C20H24O4S/c1-3-4-10-18-20(24-18,19(21)16-8-6-5-7-9-16)25(22,23)17-13-11-15(2)12-14-17/h5-9,11-14,18-19,21H,3-4,10H2,1-2H3/t18-,19+,20-/m0/s1. The molecule has 0 aromatic heterocycles. The average Bonchev–Trinajstić information content (AvgIpc) is 3.36. The summed E-state index contributed by atoms with van der Waals surface area (Å²) in [5.41, 5.74) is 1.54. The molecule has 0 saturated carbocycles. The lowest BCUT2D eigenvalue weighted by Gasteiger charge is -2.21. The summed E-state index contributed by atoms with van der Waals surface area (Å²) in [6.45, 7) is 3.95. The van der Waals surface area contributed by atoms with Crippen molar-refractivity contribution < 1.29 is 18.3 Å². The second kappa shape index (κ2) is 6.90. The first kappa shape index (κ1) is 18.1. The lowest BCUT2D eigenvalue weighted by molar-refractivity contribution is 0.116. The molecule has 0 unspecified atom stereocenters. The molecule has 3 rings (SSSR count). The van der Waals surface area contributed by atoms with Crippen molar-refractivity contribution in [2.24, 2.45) is 0 Å². The largest absolute Gasteiger partial charge is 0.384 e. The topological polar surface area (TPSA) is 66.9 Å². The summed E-state index contributed by atoms with van der Waals surface area (Å²) in [7, 11) is -3.84. The molecule has 3 atom stereocenters. The molecule has 5 heteroatoms. The van der Waals surface area contributed by atoms with Gasteiger partial charge < -0.3 is 9.84 Å². The molecular weight excluding hydrogens is 336 g/mol. The number of epoxide rings is 1. The Balaban J connectivity index is 2.02. The first-order valence-electron chi connectivity index (χ1n) is 8.65. The summed E-state index contributed by atoms with van der Waals surface area (Å²) in [6.07, 6.45) is 0.709. The molecule has 25 heavy (non-hydrogen) atoms. The van der Waals surface area contributed by atoms with Crippen LogP contribution in [0.25, 0.3) is 0 Å². The van der Waals surface area contributed by atoms with Gasteiger partial charge in [-0.1, -0.05) is 67.8 Å². The summed E-state index contributed by atoms with van der Waals surface area (Å²) in [4.78, 5) is -1.41. The molecule has 1 fully saturated rings. The molecule has 134 valence electrons. The van der Waals surface area contributed by atoms with Gasteiger partial charge in [0.2, 0.25) is 14.8 Å². The maximum Gasteiger partial charge on any atom is 0.230 e. The van der Waals surface area contributed by atoms with Crippen LogP contribution in [0.5, 0.6) is 0 Å². The van der Waals surface area contributed by atoms with Crippen LogP contribution in [0.2, 0.25) is 0 Å². The number of hydrogen-bond donors (Lipinski definition) is 1. The van der Waals surface area contributed by atoms with Gasteiger partial charge >= 0.3 is 0 Å². The zero-order valence-corrected chi connectivity index (χ0v) is 15.4. The molecule has 0 bridgehead atoms. The number of benzene rings is 2. The zero-order valence-electron chi connectivity index (χ0n) is 14.6. The van der Waals surface area contributed by atoms with E-state index in [0.717, 1.165) is 18.4 Å². The van der Waals surface area contributed by atoms with E-state index in [2.05, 4.69) is 0 Å². The van der Waals surface area contributed by atoms with E-state index in [4.69, 9.17) is 4.74 Å². The van der Waals surface area contributed by atoms with Gasteiger partial charge in [0.1, 0.15) is 12.2 Å². The molecule has 0 aliphatic carbocycles. The zero-order chi connectivity index (χ0) is 18.1. The summed E-state index contributed by atoms with van der Waals surface area (Å²) < 4.78 is 32.4. The number of sulfone groups is 1. The van der Waals surface area contributed by atoms with Crippen LogP contribution in [-0.4, -0.2) is 24.6 Å². The lowest BCUT2D eigenvalue weighted by atomic mass is 10.0. The fourth-order valence-electron chi connectivity index (χ4n) is 3.23. The third kappa shape index (κ3) is 3.12. The van der Waals surface area contributed by atoms with E-state index in [9.17, 15) is 13.5 Å². The van der Waals surface area contributed by atoms with Gasteiger partial charge in [0.05, 0.1) is 4.90 Å². The van der Waals surface area contributed by atoms with Crippen LogP contribution < -0.4 is 0 Å². The van der Waals surface area contributed by atoms with E-state index < -0.39 is 27.0 Å². The van der Waals surface area contributed by atoms with Crippen LogP contribution >= 0.6 is 0 Å². The Labute approximate surface area is 149 Å². The maximum absolute atomic E-state index is 13.3. The van der Waals surface area contributed by atoms with Crippen molar-refractivity contribution in [3.8, 4) is 0 Å². The van der Waals surface area contributed by atoms with Crippen molar-refractivity contribution in [3.63, 3.8) is 0 Å². The van der Waals surface area contributed by atoms with Crippen molar-refractivity contribution in [1.82, 2.24) is 0 Å². The van der Waals surface area contributed by atoms with Crippen LogP contribution in [0.4, 0.5) is 0 Å². The van der Waals surface area contributed by atoms with E-state index >= 15 is 0 Å². The van der Waals surface area contributed by atoms with E-state index in [1.165, 1.54) is 0 Å². The van der Waals surface area contributed by atoms with E-state index in [0.29, 0.717) is 12.0 Å². The number of hydrogen-bond acceptors (Lipinski definition) is 4. The van der Waals surface area contributed by atoms with Gasteiger partial charge in [-0.25, -0.2) is 8.42 Å². The number of unbranched alkanes of at least 4 members (excludes halogenated alkanes) is 1. The molecule has 1 saturated heterocycles. The molecule has 2 aromatic rings. The summed E-state index contributed by atoms with van der Waals surface area (Å²) in [5, 5.41) is 10.9. The third-order valence-corrected chi connectivity index (χ3v) is 7.10. The predicted octanol–water partition coefficient (Wildman–Crippen LogP) is 3.79. The Morgan fingerprint density at radius 3 is 2.36 bits per heavy atom. The minimum atomic E-state index is -3.84. The minimum Gasteiger partial charge on any atom is -0.384 e. The molecule has 1 N–H and O–H groups in total. The smallest absolute Gasteiger partial charge is 0.230 e. The molecule has 0 amide bonds. The quantitative estimate of drug-likeness (QED) is 0.763. The highest BCUT2D eigenvalue weighted by atomic mass is 32.2. The highest BCUT2D eigenvalue weighted by Crippen LogP contribution is 2.54. The van der Waals surface area contributed by atoms with Gasteiger partial charge in [-0.2, -0.15) is 0 Å². The van der Waals surface area contributed by atoms with Gasteiger partial charge in [-0.15, -0.1) is 0 Å². The van der Waals surface area contributed by atoms with Gasteiger partial charge in [0, 0.05) is 0 Å². The normalized spacial score (nSPS) is 24.0. The van der Waals surface area contributed by atoms with Crippen molar-refractivity contribution in [2.45, 2.75) is 55.1 Å². The van der Waals surface area contributed by atoms with Gasteiger partial charge in [-0.05, 0) is 31.0 Å². The SMILES string of the molecule is CCCC[C@@H]1O[C@]1([C@H](O)c1ccccc1)S(=O)(=O)c1ccc(C)cc1. The predicted molar refractivity (Wildman–Crippen MR) is 96.9 cm³/mol. The fraction of sp³-hybridized carbons (Fsp3) is 0.400. The number of aliphatic hydroxyl groups excluding tert-OH is 1. The van der Waals surface area contributed by atoms with Gasteiger partial charge in [0.15, 0.2) is 0 Å². The molecule has 2 aromatic carbocycles. The third-order valence-electron chi connectivity index (χ3n) is 4.79. The highest BCUT2D eigenvalue weighted by molar-refractivity contribution is 7.93. The summed E-state index contributed by atoms with van der Waals surface area (Å²) >= 11 is 0. The highest BCUT2D eigenvalue weighted by Gasteiger charge is 2.70. The van der Waals surface area contributed by atoms with Crippen molar-refractivity contribution >= 4 is 9.84 Å². The summed E-state index contributed by atoms with van der Waals surface area (Å²) in [5.74, 6) is 0. The Morgan fingerprint density at radius 2 is 1.76 bits per heavy atom. The van der Waals surface area contributed by atoms with E-state index in [1.807, 2.05) is 19.9 Å². The molecular formula is C20H24O4S. The Bertz CT molecular complexity index is 815. The molecule has 4 nitrogen and oxygen atoms in total. The second-order valence-electron chi connectivity index (χ2n) is 6.60. The van der Waals surface area contributed by atoms with Crippen LogP contribution in [0.3, 0.4) is 0 Å². The van der Waals surface area contributed by atoms with Crippen LogP contribution in [0.1, 0.15) is 43.4 Å². The first-order valence-corrected chi connectivity index (χ1v) is 10.1. The van der Waals surface area contributed by atoms with Gasteiger partial charge in [0.25, 0.3) is 0 Å². The number of rotatable bonds is 7. The molecule has 1 heterocycles. The van der Waals surface area contributed by atoms with E-state index in [1.54, 1.807) is 48.5 Å². The van der Waals surface area contributed by atoms with Crippen molar-refractivity contribution in [1.29, 1.82) is 0 Å². The average molecular weight is 360 g/mol. The molecule has 0 radical (unpaired) electrons. The minimum absolute atomic E-state index is 0.187. The second-order valence-corrected chi connectivity index (χ2v) is 8.72. The van der Waals surface area contributed by atoms with Crippen molar-refractivity contribution in [3.05, 3.63) is 65.7 Å². The van der Waals surface area contributed by atoms with Crippen LogP contribution in [-0.2, 0) is 14.6 Å². The van der Waals surface area contributed by atoms with Gasteiger partial charge in [-0.3, -0.25) is 0 Å². The number of aryl methyl sites for hydroxylation is 1. The fourth-order valence-corrected chi connectivity index (χ4v) is 5.23. The maximum atomic E-state index is 13.3. The monoisotopic (exact) mass is 360 g/mol. The number of aliphatic hydroxyl groups is 1. The molecule has 0 spiro atoms. The van der Waals surface area contributed by atoms with Crippen molar-refractivity contribution in [2.75, 3.05) is 0 Å². The Kier molecular flexibility index (Phi) is 5.00. The Morgan fingerprint density at radius 1 is 1.12 bits per heavy atom. The van der Waals surface area contributed by atoms with E-state index in [-0.39, 0.29) is 4.90 Å². The molecule has 1 aliphatic rings. The first-order chi connectivity index (χ1) is 11.9. The summed E-state index contributed by atoms with van der Waals surface area (Å²) in [6, 6.07) is 15.6. The van der Waals surface area contributed by atoms with Crippen LogP contribution in [0, 0.1) is 6.92 Å². The van der Waals surface area contributed by atoms with Crippen LogP contribution in [0.15, 0.2) is 59.5 Å².